The van der Waals surface area contributed by atoms with Crippen molar-refractivity contribution >= 4 is 0 Å². The van der Waals surface area contributed by atoms with E-state index in [0.717, 1.165) is 37.2 Å². The molecule has 1 aliphatic rings. The Labute approximate surface area is 175 Å². The van der Waals surface area contributed by atoms with Crippen LogP contribution >= 0.6 is 0 Å². The number of hydrogen-bond donors (Lipinski definition) is 0. The van der Waals surface area contributed by atoms with Crippen LogP contribution in [0, 0.1) is 18.7 Å². The minimum Gasteiger partial charge on any atom is -0.352 e. The summed E-state index contributed by atoms with van der Waals surface area (Å²) >= 11 is 0. The van der Waals surface area contributed by atoms with Gasteiger partial charge in [0.05, 0.1) is 13.2 Å². The van der Waals surface area contributed by atoms with Crippen molar-refractivity contribution in [3.05, 3.63) is 59.4 Å². The predicted octanol–water partition coefficient (Wildman–Crippen LogP) is 7.08. The fourth-order valence-corrected chi connectivity index (χ4v) is 3.87. The van der Waals surface area contributed by atoms with Crippen LogP contribution in [0.4, 0.5) is 4.39 Å². The van der Waals surface area contributed by atoms with Gasteiger partial charge < -0.3 is 9.47 Å². The Morgan fingerprint density at radius 2 is 1.55 bits per heavy atom. The second kappa shape index (κ2) is 11.5. The fraction of sp³-hybridized carbons (Fsp3) is 0.538. The molecule has 0 aromatic heterocycles. The first-order chi connectivity index (χ1) is 14.2. The van der Waals surface area contributed by atoms with E-state index in [2.05, 4.69) is 31.2 Å². The lowest BCUT2D eigenvalue weighted by atomic mass is 10.00. The Bertz CT molecular complexity index is 733. The Balaban J connectivity index is 1.38. The Morgan fingerprint density at radius 3 is 2.24 bits per heavy atom. The maximum absolute atomic E-state index is 13.8. The smallest absolute Gasteiger partial charge is 0.157 e. The number of benzene rings is 2. The molecule has 1 fully saturated rings. The summed E-state index contributed by atoms with van der Waals surface area (Å²) in [6.45, 7) is 5.70. The molecule has 0 radical (unpaired) electrons. The molecule has 0 N–H and O–H groups in total. The van der Waals surface area contributed by atoms with Crippen molar-refractivity contribution < 1.29 is 13.9 Å². The molecule has 1 heterocycles. The molecular weight excluding hydrogens is 363 g/mol. The Kier molecular flexibility index (Phi) is 8.69. The highest BCUT2D eigenvalue weighted by Crippen LogP contribution is 2.24. The molecule has 0 aliphatic carbocycles. The van der Waals surface area contributed by atoms with E-state index in [4.69, 9.17) is 9.47 Å². The van der Waals surface area contributed by atoms with Crippen molar-refractivity contribution in [3.63, 3.8) is 0 Å². The van der Waals surface area contributed by atoms with E-state index in [-0.39, 0.29) is 12.1 Å². The van der Waals surface area contributed by atoms with E-state index >= 15 is 0 Å². The van der Waals surface area contributed by atoms with Crippen LogP contribution in [-0.4, -0.2) is 19.5 Å². The van der Waals surface area contributed by atoms with Gasteiger partial charge in [0, 0.05) is 12.3 Å². The largest absolute Gasteiger partial charge is 0.352 e. The zero-order valence-electron chi connectivity index (χ0n) is 18.0. The Hall–Kier alpha value is -1.71. The lowest BCUT2D eigenvalue weighted by Crippen LogP contribution is -2.32. The summed E-state index contributed by atoms with van der Waals surface area (Å²) in [5.74, 6) is 0.402. The number of halogens is 1. The molecule has 1 saturated heterocycles. The monoisotopic (exact) mass is 398 g/mol. The summed E-state index contributed by atoms with van der Waals surface area (Å²) in [6.07, 6.45) is 9.56. The van der Waals surface area contributed by atoms with E-state index in [1.54, 1.807) is 13.0 Å². The molecule has 29 heavy (non-hydrogen) atoms. The van der Waals surface area contributed by atoms with Gasteiger partial charge in [-0.15, -0.1) is 0 Å². The van der Waals surface area contributed by atoms with E-state index in [0.29, 0.717) is 11.5 Å². The molecule has 0 atom stereocenters. The second-order valence-corrected chi connectivity index (χ2v) is 8.36. The number of unbranched alkanes of at least 4 members (excludes halogenated alkanes) is 4. The van der Waals surface area contributed by atoms with Crippen LogP contribution in [0.2, 0.25) is 0 Å². The average molecular weight is 399 g/mol. The van der Waals surface area contributed by atoms with Crippen molar-refractivity contribution in [2.24, 2.45) is 5.92 Å². The van der Waals surface area contributed by atoms with Gasteiger partial charge >= 0.3 is 0 Å². The number of rotatable bonds is 10. The summed E-state index contributed by atoms with van der Waals surface area (Å²) in [4.78, 5) is 0. The lowest BCUT2D eigenvalue weighted by molar-refractivity contribution is -0.203. The third-order valence-electron chi connectivity index (χ3n) is 5.88. The molecule has 2 aromatic carbocycles. The molecule has 0 bridgehead atoms. The van der Waals surface area contributed by atoms with E-state index in [1.807, 2.05) is 12.1 Å². The predicted molar refractivity (Wildman–Crippen MR) is 117 cm³/mol. The number of hydrogen-bond acceptors (Lipinski definition) is 2. The molecular formula is C26H35FO2. The van der Waals surface area contributed by atoms with Gasteiger partial charge in [0.15, 0.2) is 6.29 Å². The first-order valence-corrected chi connectivity index (χ1v) is 11.2. The molecule has 0 amide bonds. The quantitative estimate of drug-likeness (QED) is 0.398. The Morgan fingerprint density at radius 1 is 0.862 bits per heavy atom. The standard InChI is InChI=1S/C26H35FO2/c1-3-4-5-6-7-8-22-18-28-26(29-19-22)16-12-21-10-14-23(15-11-21)24-13-9-20(2)25(27)17-24/h9-11,13-15,17,22,26H,3-8,12,16,18-19H2,1-2H3. The van der Waals surface area contributed by atoms with Gasteiger partial charge in [-0.1, -0.05) is 75.4 Å². The van der Waals surface area contributed by atoms with E-state index < -0.39 is 0 Å². The van der Waals surface area contributed by atoms with Crippen LogP contribution in [-0.2, 0) is 15.9 Å². The molecule has 0 spiro atoms. The van der Waals surface area contributed by atoms with Crippen molar-refractivity contribution in [1.29, 1.82) is 0 Å². The normalized spacial score (nSPS) is 19.4. The molecule has 0 saturated carbocycles. The third-order valence-corrected chi connectivity index (χ3v) is 5.88. The van der Waals surface area contributed by atoms with Crippen LogP contribution < -0.4 is 0 Å². The highest BCUT2D eigenvalue weighted by molar-refractivity contribution is 5.64. The van der Waals surface area contributed by atoms with E-state index in [9.17, 15) is 4.39 Å². The number of ether oxygens (including phenoxy) is 2. The van der Waals surface area contributed by atoms with Crippen molar-refractivity contribution in [1.82, 2.24) is 0 Å². The highest BCUT2D eigenvalue weighted by atomic mass is 19.1. The van der Waals surface area contributed by atoms with Crippen LogP contribution in [0.1, 0.15) is 63.0 Å². The minimum atomic E-state index is -0.155. The molecule has 3 heteroatoms. The molecule has 2 nitrogen and oxygen atoms in total. The number of aryl methyl sites for hydroxylation is 2. The van der Waals surface area contributed by atoms with E-state index in [1.165, 1.54) is 44.1 Å². The molecule has 158 valence electrons. The van der Waals surface area contributed by atoms with Crippen LogP contribution in [0.3, 0.4) is 0 Å². The summed E-state index contributed by atoms with van der Waals surface area (Å²) in [6, 6.07) is 13.8. The average Bonchev–Trinajstić information content (AvgIpc) is 2.75. The van der Waals surface area contributed by atoms with Crippen LogP contribution in [0.5, 0.6) is 0 Å². The zero-order valence-corrected chi connectivity index (χ0v) is 18.0. The molecule has 3 rings (SSSR count). The first kappa shape index (κ1) is 22.0. The van der Waals surface area contributed by atoms with Crippen LogP contribution in [0.25, 0.3) is 11.1 Å². The van der Waals surface area contributed by atoms with Crippen molar-refractivity contribution in [3.8, 4) is 11.1 Å². The topological polar surface area (TPSA) is 18.5 Å². The summed E-state index contributed by atoms with van der Waals surface area (Å²) in [5.41, 5.74) is 3.89. The maximum atomic E-state index is 13.8. The maximum Gasteiger partial charge on any atom is 0.157 e. The fourth-order valence-electron chi connectivity index (χ4n) is 3.87. The molecule has 0 unspecified atom stereocenters. The molecule has 2 aromatic rings. The van der Waals surface area contributed by atoms with Gasteiger partial charge in [-0.25, -0.2) is 4.39 Å². The second-order valence-electron chi connectivity index (χ2n) is 8.36. The third kappa shape index (κ3) is 6.94. The lowest BCUT2D eigenvalue weighted by Gasteiger charge is -2.29. The summed E-state index contributed by atoms with van der Waals surface area (Å²) in [7, 11) is 0. The van der Waals surface area contributed by atoms with Crippen LogP contribution in [0.15, 0.2) is 42.5 Å². The van der Waals surface area contributed by atoms with Gasteiger partial charge in [0.25, 0.3) is 0 Å². The molecule has 1 aliphatic heterocycles. The van der Waals surface area contributed by atoms with Gasteiger partial charge in [-0.05, 0) is 48.1 Å². The van der Waals surface area contributed by atoms with Gasteiger partial charge in [-0.3, -0.25) is 0 Å². The first-order valence-electron chi connectivity index (χ1n) is 11.2. The van der Waals surface area contributed by atoms with Gasteiger partial charge in [0.2, 0.25) is 0 Å². The van der Waals surface area contributed by atoms with Gasteiger partial charge in [0.1, 0.15) is 5.82 Å². The summed E-state index contributed by atoms with van der Waals surface area (Å²) in [5, 5.41) is 0. The highest BCUT2D eigenvalue weighted by Gasteiger charge is 2.21. The van der Waals surface area contributed by atoms with Crippen molar-refractivity contribution in [2.45, 2.75) is 71.5 Å². The minimum absolute atomic E-state index is 0.0859. The van der Waals surface area contributed by atoms with Gasteiger partial charge in [-0.2, -0.15) is 0 Å². The zero-order chi connectivity index (χ0) is 20.5. The van der Waals surface area contributed by atoms with Crippen molar-refractivity contribution in [2.75, 3.05) is 13.2 Å². The summed E-state index contributed by atoms with van der Waals surface area (Å²) < 4.78 is 25.7. The SMILES string of the molecule is CCCCCCCC1COC(CCc2ccc(-c3ccc(C)c(F)c3)cc2)OC1.